The number of ether oxygens (including phenoxy) is 1. The van der Waals surface area contributed by atoms with Gasteiger partial charge in [-0.2, -0.15) is 10.5 Å². The van der Waals surface area contributed by atoms with E-state index in [0.717, 1.165) is 17.8 Å². The first-order valence-electron chi connectivity index (χ1n) is 9.36. The normalized spacial score (nSPS) is 16.3. The van der Waals surface area contributed by atoms with Gasteiger partial charge >= 0.3 is 0 Å². The molecule has 0 bridgehead atoms. The lowest BCUT2D eigenvalue weighted by Crippen LogP contribution is -2.46. The predicted octanol–water partition coefficient (Wildman–Crippen LogP) is 2.99. The molecule has 148 valence electrons. The second kappa shape index (κ2) is 10.2. The molecule has 1 saturated heterocycles. The number of nitrogens with one attached hydrogen (secondary N) is 2. The van der Waals surface area contributed by atoms with E-state index in [0.29, 0.717) is 32.1 Å². The number of nitriles is 2. The fourth-order valence-electron chi connectivity index (χ4n) is 3.11. The van der Waals surface area contributed by atoms with E-state index in [1.54, 1.807) is 12.1 Å². The Bertz CT molecular complexity index is 899. The van der Waals surface area contributed by atoms with Crippen molar-refractivity contribution in [3.8, 4) is 12.1 Å². The number of benzene rings is 2. The number of nitrogens with zero attached hydrogens (tertiary/aromatic N) is 3. The molecule has 7 heteroatoms. The summed E-state index contributed by atoms with van der Waals surface area (Å²) in [7, 11) is 0. The largest absolute Gasteiger partial charge is 0.374 e. The van der Waals surface area contributed by atoms with Gasteiger partial charge in [-0.15, -0.1) is 0 Å². The van der Waals surface area contributed by atoms with Crippen LogP contribution in [0.3, 0.4) is 0 Å². The molecule has 2 aromatic carbocycles. The Hall–Kier alpha value is -3.39. The lowest BCUT2D eigenvalue weighted by molar-refractivity contribution is -0.0289. The highest BCUT2D eigenvalue weighted by Gasteiger charge is 2.21. The molecule has 0 radical (unpaired) electrons. The maximum Gasteiger partial charge on any atom is 0.169 e. The lowest BCUT2D eigenvalue weighted by Gasteiger charge is -2.33. The van der Waals surface area contributed by atoms with Crippen molar-refractivity contribution in [2.45, 2.75) is 12.6 Å². The minimum absolute atomic E-state index is 0.0205. The molecule has 1 aliphatic rings. The number of allylic oxidation sites excluding steroid dienone is 1. The van der Waals surface area contributed by atoms with Gasteiger partial charge in [-0.3, -0.25) is 4.90 Å². The molecule has 0 aliphatic carbocycles. The molecule has 2 N–H and O–H groups in total. The van der Waals surface area contributed by atoms with Crippen LogP contribution in [0.15, 0.2) is 66.0 Å². The number of rotatable bonds is 7. The quantitative estimate of drug-likeness (QED) is 0.706. The van der Waals surface area contributed by atoms with Gasteiger partial charge in [0.15, 0.2) is 5.57 Å². The zero-order valence-electron chi connectivity index (χ0n) is 15.9. The summed E-state index contributed by atoms with van der Waals surface area (Å²) in [5, 5.41) is 24.8. The van der Waals surface area contributed by atoms with Crippen molar-refractivity contribution in [1.82, 2.24) is 10.2 Å². The Morgan fingerprint density at radius 1 is 1.10 bits per heavy atom. The third-order valence-electron chi connectivity index (χ3n) is 4.57. The van der Waals surface area contributed by atoms with Crippen molar-refractivity contribution in [2.24, 2.45) is 0 Å². The molecule has 1 heterocycles. The molecule has 3 rings (SSSR count). The van der Waals surface area contributed by atoms with Crippen LogP contribution in [-0.2, 0) is 11.3 Å². The van der Waals surface area contributed by atoms with Crippen LogP contribution in [0, 0.1) is 28.5 Å². The Morgan fingerprint density at radius 3 is 2.52 bits per heavy atom. The van der Waals surface area contributed by atoms with Crippen molar-refractivity contribution < 1.29 is 9.13 Å². The predicted molar refractivity (Wildman–Crippen MR) is 108 cm³/mol. The minimum Gasteiger partial charge on any atom is -0.374 e. The number of anilines is 1. The highest BCUT2D eigenvalue weighted by Crippen LogP contribution is 2.13. The average molecular weight is 391 g/mol. The third kappa shape index (κ3) is 6.05. The van der Waals surface area contributed by atoms with Crippen LogP contribution in [0.1, 0.15) is 5.56 Å². The van der Waals surface area contributed by atoms with E-state index in [4.69, 9.17) is 4.74 Å². The number of hydrogen-bond donors (Lipinski definition) is 2. The second-order valence-corrected chi connectivity index (χ2v) is 6.70. The van der Waals surface area contributed by atoms with Gasteiger partial charge in [-0.25, -0.2) is 4.39 Å². The maximum absolute atomic E-state index is 13.1. The molecule has 6 nitrogen and oxygen atoms in total. The lowest BCUT2D eigenvalue weighted by atomic mass is 10.2. The van der Waals surface area contributed by atoms with Gasteiger partial charge in [0.1, 0.15) is 23.8 Å². The summed E-state index contributed by atoms with van der Waals surface area (Å²) in [5.74, 6) is 0.120. The molecule has 1 unspecified atom stereocenters. The third-order valence-corrected chi connectivity index (χ3v) is 4.57. The molecular formula is C22H22FN5O. The van der Waals surface area contributed by atoms with Crippen molar-refractivity contribution in [1.29, 1.82) is 10.5 Å². The second-order valence-electron chi connectivity index (χ2n) is 6.70. The first kappa shape index (κ1) is 20.3. The summed E-state index contributed by atoms with van der Waals surface area (Å²) in [6.07, 6.45) is -0.101. The number of halogens is 1. The Morgan fingerprint density at radius 2 is 1.83 bits per heavy atom. The molecule has 29 heavy (non-hydrogen) atoms. The smallest absolute Gasteiger partial charge is 0.169 e. The minimum atomic E-state index is -0.242. The van der Waals surface area contributed by atoms with Crippen LogP contribution in [-0.4, -0.2) is 37.2 Å². The fourth-order valence-corrected chi connectivity index (χ4v) is 3.11. The van der Waals surface area contributed by atoms with Gasteiger partial charge in [0, 0.05) is 31.9 Å². The molecule has 1 aliphatic heterocycles. The number of hydrogen-bond acceptors (Lipinski definition) is 6. The highest BCUT2D eigenvalue weighted by molar-refractivity contribution is 5.52. The van der Waals surface area contributed by atoms with Gasteiger partial charge in [-0.1, -0.05) is 30.3 Å². The Kier molecular flexibility index (Phi) is 7.18. The van der Waals surface area contributed by atoms with Gasteiger partial charge in [0.25, 0.3) is 0 Å². The van der Waals surface area contributed by atoms with Crippen LogP contribution in [0.25, 0.3) is 0 Å². The SMILES string of the molecule is N#CC(C#N)=C(NCC1CN(Cc2ccc(F)cc2)CCO1)Nc1ccccc1. The van der Waals surface area contributed by atoms with E-state index in [9.17, 15) is 14.9 Å². The summed E-state index contributed by atoms with van der Waals surface area (Å²) in [4.78, 5) is 2.24. The van der Waals surface area contributed by atoms with E-state index in [1.165, 1.54) is 12.1 Å². The molecule has 0 amide bonds. The topological polar surface area (TPSA) is 84.1 Å². The van der Waals surface area contributed by atoms with Gasteiger partial charge in [0.05, 0.1) is 12.7 Å². The Balaban J connectivity index is 1.60. The van der Waals surface area contributed by atoms with Crippen LogP contribution in [0.5, 0.6) is 0 Å². The van der Waals surface area contributed by atoms with E-state index < -0.39 is 0 Å². The molecule has 1 atom stereocenters. The Labute approximate surface area is 169 Å². The highest BCUT2D eigenvalue weighted by atomic mass is 19.1. The van der Waals surface area contributed by atoms with Crippen LogP contribution < -0.4 is 10.6 Å². The molecule has 0 spiro atoms. The van der Waals surface area contributed by atoms with Crippen molar-refractivity contribution in [3.63, 3.8) is 0 Å². The summed E-state index contributed by atoms with van der Waals surface area (Å²) < 4.78 is 18.9. The van der Waals surface area contributed by atoms with Crippen molar-refractivity contribution in [3.05, 3.63) is 77.4 Å². The molecule has 2 aromatic rings. The van der Waals surface area contributed by atoms with E-state index in [-0.39, 0.29) is 17.5 Å². The standard InChI is InChI=1S/C22H22FN5O/c23-19-8-6-17(7-9-19)15-28-10-11-29-21(16-28)14-26-22(18(12-24)13-25)27-20-4-2-1-3-5-20/h1-9,21,26-27H,10-11,14-16H2. The summed E-state index contributed by atoms with van der Waals surface area (Å²) in [6.45, 7) is 3.23. The first-order valence-corrected chi connectivity index (χ1v) is 9.36. The molecular weight excluding hydrogens is 369 g/mol. The van der Waals surface area contributed by atoms with E-state index >= 15 is 0 Å². The van der Waals surface area contributed by atoms with Gasteiger partial charge in [0.2, 0.25) is 0 Å². The number of morpholine rings is 1. The molecule has 0 saturated carbocycles. The first-order chi connectivity index (χ1) is 14.2. The zero-order chi connectivity index (χ0) is 20.5. The summed E-state index contributed by atoms with van der Waals surface area (Å²) >= 11 is 0. The maximum atomic E-state index is 13.1. The van der Waals surface area contributed by atoms with Crippen LogP contribution >= 0.6 is 0 Å². The summed E-state index contributed by atoms with van der Waals surface area (Å²) in [5.41, 5.74) is 1.80. The van der Waals surface area contributed by atoms with Crippen molar-refractivity contribution >= 4 is 5.69 Å². The van der Waals surface area contributed by atoms with Gasteiger partial charge < -0.3 is 15.4 Å². The van der Waals surface area contributed by atoms with Crippen molar-refractivity contribution in [2.75, 3.05) is 31.6 Å². The average Bonchev–Trinajstić information content (AvgIpc) is 2.75. The zero-order valence-corrected chi connectivity index (χ0v) is 15.9. The molecule has 0 aromatic heterocycles. The monoisotopic (exact) mass is 391 g/mol. The van der Waals surface area contributed by atoms with E-state index in [1.807, 2.05) is 42.5 Å². The van der Waals surface area contributed by atoms with Crippen LogP contribution in [0.4, 0.5) is 10.1 Å². The summed E-state index contributed by atoms with van der Waals surface area (Å²) in [6, 6.07) is 19.7. The van der Waals surface area contributed by atoms with Gasteiger partial charge in [-0.05, 0) is 29.8 Å². The van der Waals surface area contributed by atoms with Crippen LogP contribution in [0.2, 0.25) is 0 Å². The van der Waals surface area contributed by atoms with E-state index in [2.05, 4.69) is 15.5 Å². The molecule has 1 fully saturated rings. The fraction of sp³-hybridized carbons (Fsp3) is 0.273. The number of para-hydroxylation sites is 1.